The maximum absolute atomic E-state index is 13.8. The lowest BCUT2D eigenvalue weighted by Gasteiger charge is -2.23. The van der Waals surface area contributed by atoms with E-state index in [1.54, 1.807) is 0 Å². The lowest BCUT2D eigenvalue weighted by atomic mass is 10.1. The molecule has 0 bridgehead atoms. The van der Waals surface area contributed by atoms with Gasteiger partial charge in [-0.2, -0.15) is 0 Å². The summed E-state index contributed by atoms with van der Waals surface area (Å²) in [6.45, 7) is 8.11. The third kappa shape index (κ3) is 4.03. The van der Waals surface area contributed by atoms with Gasteiger partial charge in [-0.25, -0.2) is 8.78 Å². The average Bonchev–Trinajstić information content (AvgIpc) is 2.27. The molecule has 1 aromatic rings. The van der Waals surface area contributed by atoms with Gasteiger partial charge in [0.05, 0.1) is 4.47 Å². The van der Waals surface area contributed by atoms with E-state index < -0.39 is 11.6 Å². The first kappa shape index (κ1) is 14.6. The van der Waals surface area contributed by atoms with Crippen molar-refractivity contribution in [2.75, 3.05) is 13.1 Å². The van der Waals surface area contributed by atoms with Crippen LogP contribution in [-0.4, -0.2) is 18.0 Å². The fourth-order valence-electron chi connectivity index (χ4n) is 1.76. The van der Waals surface area contributed by atoms with Crippen LogP contribution in [0.3, 0.4) is 0 Å². The molecule has 0 spiro atoms. The van der Waals surface area contributed by atoms with Gasteiger partial charge < -0.3 is 0 Å². The highest BCUT2D eigenvalue weighted by Crippen LogP contribution is 2.23. The first-order chi connectivity index (χ1) is 7.95. The Bertz CT molecular complexity index is 380. The smallest absolute Gasteiger partial charge is 0.144 e. The van der Waals surface area contributed by atoms with Crippen molar-refractivity contribution in [3.8, 4) is 0 Å². The molecule has 0 unspecified atom stereocenters. The van der Waals surface area contributed by atoms with Crippen LogP contribution in [0.25, 0.3) is 0 Å². The monoisotopic (exact) mass is 305 g/mol. The third-order valence-electron chi connectivity index (χ3n) is 2.59. The second-order valence-corrected chi connectivity index (χ2v) is 5.40. The maximum atomic E-state index is 13.8. The van der Waals surface area contributed by atoms with Gasteiger partial charge in [-0.15, -0.1) is 0 Å². The van der Waals surface area contributed by atoms with Gasteiger partial charge in [0.1, 0.15) is 11.6 Å². The highest BCUT2D eigenvalue weighted by Gasteiger charge is 2.15. The number of hydrogen-bond acceptors (Lipinski definition) is 1. The van der Waals surface area contributed by atoms with Crippen LogP contribution >= 0.6 is 15.9 Å². The first-order valence-corrected chi connectivity index (χ1v) is 6.59. The van der Waals surface area contributed by atoms with Crippen molar-refractivity contribution in [1.82, 2.24) is 4.90 Å². The van der Waals surface area contributed by atoms with E-state index >= 15 is 0 Å². The molecular formula is C13H18BrF2N. The molecule has 0 aliphatic carbocycles. The van der Waals surface area contributed by atoms with Crippen LogP contribution in [0.15, 0.2) is 16.6 Å². The number of rotatable bonds is 5. The Morgan fingerprint density at radius 3 is 2.47 bits per heavy atom. The van der Waals surface area contributed by atoms with Gasteiger partial charge in [-0.3, -0.25) is 4.90 Å². The molecule has 0 saturated carbocycles. The van der Waals surface area contributed by atoms with E-state index in [1.807, 2.05) is 11.8 Å². The van der Waals surface area contributed by atoms with Crippen LogP contribution in [0.1, 0.15) is 26.3 Å². The Hall–Kier alpha value is -0.480. The molecule has 0 fully saturated rings. The molecule has 0 aliphatic heterocycles. The van der Waals surface area contributed by atoms with Crippen molar-refractivity contribution in [3.05, 3.63) is 33.8 Å². The van der Waals surface area contributed by atoms with Gasteiger partial charge in [0, 0.05) is 18.7 Å². The average molecular weight is 306 g/mol. The molecule has 96 valence electrons. The van der Waals surface area contributed by atoms with E-state index in [0.717, 1.165) is 13.1 Å². The minimum absolute atomic E-state index is 0.141. The molecule has 1 aromatic carbocycles. The summed E-state index contributed by atoms with van der Waals surface area (Å²) >= 11 is 3.08. The van der Waals surface area contributed by atoms with Crippen molar-refractivity contribution in [2.45, 2.75) is 27.3 Å². The summed E-state index contributed by atoms with van der Waals surface area (Å²) in [6, 6.07) is 2.69. The van der Waals surface area contributed by atoms with Crippen molar-refractivity contribution < 1.29 is 8.78 Å². The van der Waals surface area contributed by atoms with Gasteiger partial charge in [0.2, 0.25) is 0 Å². The summed E-state index contributed by atoms with van der Waals surface area (Å²) in [5.41, 5.74) is 0.141. The van der Waals surface area contributed by atoms with Crippen LogP contribution in [0, 0.1) is 17.6 Å². The highest BCUT2D eigenvalue weighted by molar-refractivity contribution is 9.10. The Balaban J connectivity index is 2.89. The standard InChI is InChI=1S/C13H18BrF2N/c1-4-17(7-9(2)3)8-10-12(15)6-5-11(14)13(10)16/h5-6,9H,4,7-8H2,1-3H3. The number of hydrogen-bond donors (Lipinski definition) is 0. The van der Waals surface area contributed by atoms with E-state index in [9.17, 15) is 8.78 Å². The predicted octanol–water partition coefficient (Wildman–Crippen LogP) is 4.21. The number of benzene rings is 1. The minimum Gasteiger partial charge on any atom is -0.299 e. The molecule has 0 N–H and O–H groups in total. The van der Waals surface area contributed by atoms with Gasteiger partial charge in [-0.05, 0) is 40.5 Å². The summed E-state index contributed by atoms with van der Waals surface area (Å²) in [5, 5.41) is 0. The lowest BCUT2D eigenvalue weighted by Crippen LogP contribution is -2.28. The van der Waals surface area contributed by atoms with Crippen LogP contribution < -0.4 is 0 Å². The zero-order valence-corrected chi connectivity index (χ0v) is 12.0. The predicted molar refractivity (Wildman–Crippen MR) is 69.8 cm³/mol. The van der Waals surface area contributed by atoms with E-state index in [2.05, 4.69) is 29.8 Å². The molecule has 0 amide bonds. The molecule has 4 heteroatoms. The van der Waals surface area contributed by atoms with Crippen molar-refractivity contribution in [2.24, 2.45) is 5.92 Å². The first-order valence-electron chi connectivity index (χ1n) is 5.80. The Morgan fingerprint density at radius 1 is 1.29 bits per heavy atom. The SMILES string of the molecule is CCN(Cc1c(F)ccc(Br)c1F)CC(C)C. The molecule has 17 heavy (non-hydrogen) atoms. The summed E-state index contributed by atoms with van der Waals surface area (Å²) in [5.74, 6) is -0.492. The fourth-order valence-corrected chi connectivity index (χ4v) is 2.13. The molecule has 0 heterocycles. The number of halogens is 3. The fraction of sp³-hybridized carbons (Fsp3) is 0.538. The zero-order chi connectivity index (χ0) is 13.0. The molecule has 0 aromatic heterocycles. The highest BCUT2D eigenvalue weighted by atomic mass is 79.9. The molecule has 0 radical (unpaired) electrons. The summed E-state index contributed by atoms with van der Waals surface area (Å²) < 4.78 is 27.7. The molecule has 1 nitrogen and oxygen atoms in total. The summed E-state index contributed by atoms with van der Waals surface area (Å²) in [6.07, 6.45) is 0. The largest absolute Gasteiger partial charge is 0.299 e. The Labute approximate surface area is 110 Å². The van der Waals surface area contributed by atoms with Gasteiger partial charge >= 0.3 is 0 Å². The molecule has 1 rings (SSSR count). The Kier molecular flexibility index (Phi) is 5.53. The quantitative estimate of drug-likeness (QED) is 0.737. The topological polar surface area (TPSA) is 3.24 Å². The van der Waals surface area contributed by atoms with Gasteiger partial charge in [0.15, 0.2) is 0 Å². The molecular weight excluding hydrogens is 288 g/mol. The zero-order valence-electron chi connectivity index (χ0n) is 10.4. The maximum Gasteiger partial charge on any atom is 0.144 e. The van der Waals surface area contributed by atoms with Crippen LogP contribution in [0.4, 0.5) is 8.78 Å². The third-order valence-corrected chi connectivity index (χ3v) is 3.20. The van der Waals surface area contributed by atoms with Crippen LogP contribution in [0.2, 0.25) is 0 Å². The van der Waals surface area contributed by atoms with E-state index in [0.29, 0.717) is 16.9 Å². The van der Waals surface area contributed by atoms with Crippen molar-refractivity contribution in [3.63, 3.8) is 0 Å². The van der Waals surface area contributed by atoms with Gasteiger partial charge in [-0.1, -0.05) is 20.8 Å². The van der Waals surface area contributed by atoms with E-state index in [-0.39, 0.29) is 5.56 Å². The van der Waals surface area contributed by atoms with Gasteiger partial charge in [0.25, 0.3) is 0 Å². The summed E-state index contributed by atoms with van der Waals surface area (Å²) in [7, 11) is 0. The van der Waals surface area contributed by atoms with E-state index in [1.165, 1.54) is 12.1 Å². The second kappa shape index (κ2) is 6.45. The minimum atomic E-state index is -0.493. The van der Waals surface area contributed by atoms with Crippen molar-refractivity contribution >= 4 is 15.9 Å². The molecule has 0 atom stereocenters. The molecule has 0 aliphatic rings. The second-order valence-electron chi connectivity index (χ2n) is 4.54. The van der Waals surface area contributed by atoms with Crippen LogP contribution in [-0.2, 0) is 6.54 Å². The lowest BCUT2D eigenvalue weighted by molar-refractivity contribution is 0.241. The summed E-state index contributed by atoms with van der Waals surface area (Å²) in [4.78, 5) is 2.04. The normalized spacial score (nSPS) is 11.5. The number of nitrogens with zero attached hydrogens (tertiary/aromatic N) is 1. The van der Waals surface area contributed by atoms with Crippen LogP contribution in [0.5, 0.6) is 0 Å². The Morgan fingerprint density at radius 2 is 1.94 bits per heavy atom. The van der Waals surface area contributed by atoms with E-state index in [4.69, 9.17) is 0 Å². The van der Waals surface area contributed by atoms with Crippen molar-refractivity contribution in [1.29, 1.82) is 0 Å². The molecule has 0 saturated heterocycles.